The summed E-state index contributed by atoms with van der Waals surface area (Å²) in [5.41, 5.74) is -7.62. The van der Waals surface area contributed by atoms with E-state index in [4.69, 9.17) is 34.8 Å². The van der Waals surface area contributed by atoms with Crippen LogP contribution in [0.5, 0.6) is 0 Å². The topological polar surface area (TPSA) is 245 Å². The highest BCUT2D eigenvalue weighted by Gasteiger charge is 2.68. The van der Waals surface area contributed by atoms with E-state index in [0.717, 1.165) is 13.8 Å². The van der Waals surface area contributed by atoms with Crippen molar-refractivity contribution in [1.29, 1.82) is 0 Å². The second-order valence-corrected chi connectivity index (χ2v) is 24.4. The minimum atomic E-state index is -5.21. The Morgan fingerprint density at radius 1 is 0.488 bits per heavy atom. The maximum atomic E-state index is 15.1. The van der Waals surface area contributed by atoms with E-state index < -0.39 is 132 Å². The first kappa shape index (κ1) is 35.8. The van der Waals surface area contributed by atoms with Gasteiger partial charge in [0.25, 0.3) is 40.5 Å². The summed E-state index contributed by atoms with van der Waals surface area (Å²) in [6, 6.07) is 0. The number of hydrogen-bond acceptors (Lipinski definition) is 18. The van der Waals surface area contributed by atoms with Crippen LogP contribution in [0.3, 0.4) is 0 Å². The molecule has 4 unspecified atom stereocenters. The molecule has 0 aromatic rings. The summed E-state index contributed by atoms with van der Waals surface area (Å²) < 4.78 is 170. The maximum absolute atomic E-state index is 15.1. The van der Waals surface area contributed by atoms with Gasteiger partial charge in [-0.1, -0.05) is 0 Å². The zero-order chi connectivity index (χ0) is 32.8. The fourth-order valence-electron chi connectivity index (χ4n) is 4.69. The van der Waals surface area contributed by atoms with Gasteiger partial charge in [-0.15, -0.1) is 0 Å². The highest BCUT2D eigenvalue weighted by atomic mass is 32.2. The average Bonchev–Trinajstić information content (AvgIpc) is 3.41. The van der Waals surface area contributed by atoms with E-state index in [9.17, 15) is 33.7 Å². The first-order valence-corrected chi connectivity index (χ1v) is 21.9. The van der Waals surface area contributed by atoms with Crippen LogP contribution in [-0.2, 0) is 84.4 Å². The van der Waals surface area contributed by atoms with Gasteiger partial charge in [-0.25, -0.2) is 0 Å². The first-order chi connectivity index (χ1) is 19.0. The summed E-state index contributed by atoms with van der Waals surface area (Å²) in [7, 11) is -27.1. The molecular weight excluding hydrogens is 706 g/mol. The molecule has 4 saturated heterocycles. The smallest absolute Gasteiger partial charge is 0.298 e. The Bertz CT molecular complexity index is 1470. The molecule has 0 radical (unpaired) electrons. The molecule has 4 atom stereocenters. The van der Waals surface area contributed by atoms with Gasteiger partial charge in [0.15, 0.2) is 4.90 Å². The molecule has 0 N–H and O–H groups in total. The third kappa shape index (κ3) is 7.58. The Morgan fingerprint density at radius 2 is 0.674 bits per heavy atom. The van der Waals surface area contributed by atoms with Gasteiger partial charge in [-0.2, -0.15) is 33.7 Å². The number of rotatable bonds is 10. The molecule has 0 spiro atoms. The van der Waals surface area contributed by atoms with Crippen LogP contribution in [0, 0.1) is 0 Å². The molecule has 4 rings (SSSR count). The largest absolute Gasteiger partial charge is 0.349 e. The molecule has 43 heavy (non-hydrogen) atoms. The fraction of sp³-hybridized carbons (Fsp3) is 1.00. The lowest BCUT2D eigenvalue weighted by molar-refractivity contribution is -0.00161. The van der Waals surface area contributed by atoms with Crippen molar-refractivity contribution in [2.24, 2.45) is 0 Å². The van der Waals surface area contributed by atoms with Crippen LogP contribution in [-0.4, -0.2) is 110 Å². The summed E-state index contributed by atoms with van der Waals surface area (Å²) in [4.78, 5) is -2.53. The van der Waals surface area contributed by atoms with Gasteiger partial charge in [0.05, 0.1) is 26.4 Å². The van der Waals surface area contributed by atoms with E-state index in [1.807, 2.05) is 0 Å². The summed E-state index contributed by atoms with van der Waals surface area (Å²) in [5, 5.41) is 0. The Labute approximate surface area is 250 Å². The molecule has 0 aromatic heterocycles. The predicted molar refractivity (Wildman–Crippen MR) is 146 cm³/mol. The summed E-state index contributed by atoms with van der Waals surface area (Å²) in [5.74, 6) is -3.35. The molecule has 4 aliphatic rings. The van der Waals surface area contributed by atoms with Crippen LogP contribution >= 0.6 is 15.2 Å². The van der Waals surface area contributed by atoms with Crippen LogP contribution in [0.25, 0.3) is 0 Å². The van der Waals surface area contributed by atoms with E-state index in [0.29, 0.717) is 0 Å². The molecule has 0 aromatic carbocycles. The molecule has 0 saturated carbocycles. The van der Waals surface area contributed by atoms with Gasteiger partial charge in [-0.3, -0.25) is 44.0 Å². The van der Waals surface area contributed by atoms with Gasteiger partial charge >= 0.3 is 15.2 Å². The summed E-state index contributed by atoms with van der Waals surface area (Å²) in [6.07, 6.45) is 0. The molecule has 4 aliphatic heterocycles. The predicted octanol–water partition coefficient (Wildman–Crippen LogP) is 0.650. The molecule has 252 valence electrons. The van der Waals surface area contributed by atoms with Crippen molar-refractivity contribution in [1.82, 2.24) is 0 Å². The zero-order valence-electron chi connectivity index (χ0n) is 24.0. The Hall–Kier alpha value is -0.0600. The van der Waals surface area contributed by atoms with Crippen molar-refractivity contribution in [3.8, 4) is 0 Å². The Balaban J connectivity index is 1.86. The van der Waals surface area contributed by atoms with Gasteiger partial charge in [-0.05, 0) is 41.5 Å². The maximum Gasteiger partial charge on any atom is 0.349 e. The average molecular weight is 741 g/mol. The molecule has 0 bridgehead atoms. The van der Waals surface area contributed by atoms with Crippen molar-refractivity contribution in [3.63, 3.8) is 0 Å². The van der Waals surface area contributed by atoms with Gasteiger partial charge in [0, 0.05) is 0 Å². The van der Waals surface area contributed by atoms with Crippen LogP contribution in [0.2, 0.25) is 0 Å². The molecule has 0 aliphatic carbocycles. The lowest BCUT2D eigenvalue weighted by atomic mass is 10.2. The quantitative estimate of drug-likeness (QED) is 0.220. The second kappa shape index (κ2) is 10.5. The normalized spacial score (nSPS) is 41.1. The fourth-order valence-corrected chi connectivity index (χ4v) is 16.1. The van der Waals surface area contributed by atoms with Crippen LogP contribution in [0.1, 0.15) is 41.5 Å². The number of hydrogen-bond donors (Lipinski definition) is 0. The standard InChI is InChI=1S/C19H34O18P2S4/c1-15(2,38(20,34-16(3)7-30-40(22,23)11-16)35-17(4)8-31-41(24,25)12-17)39(21,36-18(5)9-32-42(26,27)13-18)37-19(6)10-33-43(28,29)14-19/h7-14H2,1-6H3. The van der Waals surface area contributed by atoms with Crippen molar-refractivity contribution in [3.05, 3.63) is 0 Å². The van der Waals surface area contributed by atoms with Crippen molar-refractivity contribution >= 4 is 55.7 Å². The molecule has 24 heteroatoms. The van der Waals surface area contributed by atoms with Crippen LogP contribution in [0.15, 0.2) is 0 Å². The molecule has 4 fully saturated rings. The van der Waals surface area contributed by atoms with Gasteiger partial charge in [0.2, 0.25) is 0 Å². The monoisotopic (exact) mass is 740 g/mol. The minimum absolute atomic E-state index is 0.663. The van der Waals surface area contributed by atoms with E-state index in [-0.39, 0.29) is 0 Å². The molecular formula is C19H34O18P2S4. The second-order valence-electron chi connectivity index (χ2n) is 12.5. The zero-order valence-corrected chi connectivity index (χ0v) is 29.1. The van der Waals surface area contributed by atoms with Crippen LogP contribution in [0.4, 0.5) is 0 Å². The summed E-state index contributed by atoms with van der Waals surface area (Å²) in [6.45, 7) is 4.22. The Morgan fingerprint density at radius 3 is 0.814 bits per heavy atom. The highest BCUT2D eigenvalue weighted by molar-refractivity contribution is 7.88. The third-order valence-electron chi connectivity index (χ3n) is 6.81. The lowest BCUT2D eigenvalue weighted by Gasteiger charge is -2.45. The van der Waals surface area contributed by atoms with E-state index in [1.165, 1.54) is 27.7 Å². The summed E-state index contributed by atoms with van der Waals surface area (Å²) >= 11 is 0. The van der Waals surface area contributed by atoms with E-state index in [1.54, 1.807) is 0 Å². The van der Waals surface area contributed by atoms with E-state index >= 15 is 9.13 Å². The Kier molecular flexibility index (Phi) is 8.71. The first-order valence-electron chi connectivity index (χ1n) is 12.5. The highest BCUT2D eigenvalue weighted by Crippen LogP contribution is 2.81. The van der Waals surface area contributed by atoms with Crippen molar-refractivity contribution in [2.75, 3.05) is 49.4 Å². The molecule has 0 amide bonds. The molecule has 4 heterocycles. The van der Waals surface area contributed by atoms with Gasteiger partial charge < -0.3 is 0 Å². The van der Waals surface area contributed by atoms with Crippen molar-refractivity contribution < 1.29 is 77.6 Å². The minimum Gasteiger partial charge on any atom is -0.298 e. The van der Waals surface area contributed by atoms with Crippen LogP contribution < -0.4 is 0 Å². The van der Waals surface area contributed by atoms with E-state index in [2.05, 4.69) is 0 Å². The molecule has 18 nitrogen and oxygen atoms in total. The lowest BCUT2D eigenvalue weighted by Crippen LogP contribution is -2.45. The third-order valence-corrected chi connectivity index (χ3v) is 19.4. The van der Waals surface area contributed by atoms with Gasteiger partial charge in [0.1, 0.15) is 45.4 Å². The van der Waals surface area contributed by atoms with Crippen molar-refractivity contribution in [2.45, 2.75) is 68.8 Å². The SMILES string of the molecule is CC1(OP(=O)(OC2(C)COS(=O)(=O)C2)C(C)(C)P(=O)(OC2(C)COS(=O)(=O)C2)OC2(C)COS(=O)(=O)C2)COS(=O)(=O)C1.